The van der Waals surface area contributed by atoms with Gasteiger partial charge in [0.25, 0.3) is 0 Å². The first kappa shape index (κ1) is 31.2. The Morgan fingerprint density at radius 1 is 0.781 bits per heavy atom. The predicted octanol–water partition coefficient (Wildman–Crippen LogP) is 2.95. The van der Waals surface area contributed by atoms with Gasteiger partial charge in [-0.1, -0.05) is 79.1 Å². The molecule has 0 heterocycles. The smallest absolute Gasteiger partial charge is 0.393 e. The molecule has 190 valence electrons. The number of hydrogen-bond acceptors (Lipinski definition) is 9. The summed E-state index contributed by atoms with van der Waals surface area (Å²) in [4.78, 5) is 34.8. The maximum Gasteiger partial charge on any atom is 0.464 e. The van der Waals surface area contributed by atoms with E-state index in [9.17, 15) is 34.9 Å². The highest BCUT2D eigenvalue weighted by Crippen LogP contribution is 2.39. The van der Waals surface area contributed by atoms with E-state index in [0.717, 1.165) is 38.5 Å². The lowest BCUT2D eigenvalue weighted by atomic mass is 9.86. The molecule has 0 aromatic carbocycles. The first-order valence-corrected chi connectivity index (χ1v) is 12.8. The Labute approximate surface area is 193 Å². The highest BCUT2D eigenvalue weighted by atomic mass is 31.2. The van der Waals surface area contributed by atoms with Crippen molar-refractivity contribution < 1.29 is 44.0 Å². The monoisotopic (exact) mass is 482 g/mol. The second kappa shape index (κ2) is 15.9. The number of carbonyl (C=O) groups is 2. The number of rotatable bonds is 18. The second-order valence-electron chi connectivity index (χ2n) is 8.62. The van der Waals surface area contributed by atoms with Crippen LogP contribution in [0.3, 0.4) is 0 Å². The number of aliphatic hydroxyl groups is 4. The lowest BCUT2D eigenvalue weighted by Gasteiger charge is -2.30. The highest BCUT2D eigenvalue weighted by molar-refractivity contribution is 7.41. The fourth-order valence-corrected chi connectivity index (χ4v) is 4.26. The molecule has 0 aliphatic rings. The first-order chi connectivity index (χ1) is 15.0. The average molecular weight is 483 g/mol. The van der Waals surface area contributed by atoms with Crippen molar-refractivity contribution in [3.63, 3.8) is 0 Å². The fraction of sp³-hybridized carbons (Fsp3) is 0.909. The SMILES string of the molecule is CCCCC(CC)CC(O)(CO)C(=O)OP(O)OC(=O)C(O)(CO)CC(CC)CCCC. The number of aliphatic hydroxyl groups excluding tert-OH is 2. The Bertz CT molecular complexity index is 501. The molecule has 0 spiro atoms. The van der Waals surface area contributed by atoms with Crippen molar-refractivity contribution in [3.05, 3.63) is 0 Å². The van der Waals surface area contributed by atoms with Crippen LogP contribution >= 0.6 is 8.60 Å². The minimum absolute atomic E-state index is 0.0410. The molecule has 5 N–H and O–H groups in total. The Kier molecular flexibility index (Phi) is 15.5. The highest BCUT2D eigenvalue weighted by Gasteiger charge is 2.44. The van der Waals surface area contributed by atoms with Gasteiger partial charge in [0.05, 0.1) is 13.2 Å². The van der Waals surface area contributed by atoms with Gasteiger partial charge in [0, 0.05) is 0 Å². The average Bonchev–Trinajstić information content (AvgIpc) is 2.78. The number of carbonyl (C=O) groups excluding carboxylic acids is 2. The molecule has 10 heteroatoms. The largest absolute Gasteiger partial charge is 0.464 e. The minimum Gasteiger partial charge on any atom is -0.393 e. The van der Waals surface area contributed by atoms with E-state index in [-0.39, 0.29) is 24.7 Å². The van der Waals surface area contributed by atoms with Crippen LogP contribution in [-0.4, -0.2) is 61.7 Å². The Hall–Kier alpha value is -0.830. The molecule has 0 aromatic heterocycles. The van der Waals surface area contributed by atoms with E-state index in [4.69, 9.17) is 9.05 Å². The molecule has 9 nitrogen and oxygen atoms in total. The predicted molar refractivity (Wildman–Crippen MR) is 121 cm³/mol. The molecule has 4 unspecified atom stereocenters. The zero-order chi connectivity index (χ0) is 24.8. The summed E-state index contributed by atoms with van der Waals surface area (Å²) in [6.07, 6.45) is 6.43. The number of unbranched alkanes of at least 4 members (excludes halogenated alkanes) is 2. The van der Waals surface area contributed by atoms with Crippen molar-refractivity contribution in [2.75, 3.05) is 13.2 Å². The zero-order valence-corrected chi connectivity index (χ0v) is 20.9. The van der Waals surface area contributed by atoms with Crippen LogP contribution in [0.1, 0.15) is 91.9 Å². The third-order valence-electron chi connectivity index (χ3n) is 5.94. The van der Waals surface area contributed by atoms with Crippen LogP contribution in [0, 0.1) is 11.8 Å². The summed E-state index contributed by atoms with van der Waals surface area (Å²) in [6, 6.07) is 0. The van der Waals surface area contributed by atoms with Gasteiger partial charge in [0.15, 0.2) is 11.2 Å². The molecular formula is C22H43O9P. The van der Waals surface area contributed by atoms with Gasteiger partial charge in [0.2, 0.25) is 0 Å². The maximum atomic E-state index is 12.4. The second-order valence-corrected chi connectivity index (χ2v) is 9.46. The van der Waals surface area contributed by atoms with Gasteiger partial charge in [-0.15, -0.1) is 0 Å². The van der Waals surface area contributed by atoms with Crippen molar-refractivity contribution in [3.8, 4) is 0 Å². The summed E-state index contributed by atoms with van der Waals surface area (Å²) in [5.41, 5.74) is -4.49. The lowest BCUT2D eigenvalue weighted by Crippen LogP contribution is -2.46. The summed E-state index contributed by atoms with van der Waals surface area (Å²) in [6.45, 7) is 6.02. The van der Waals surface area contributed by atoms with Crippen LogP contribution < -0.4 is 0 Å². The molecular weight excluding hydrogens is 439 g/mol. The lowest BCUT2D eigenvalue weighted by molar-refractivity contribution is -0.167. The summed E-state index contributed by atoms with van der Waals surface area (Å²) in [5.74, 6) is -2.70. The molecule has 0 aromatic rings. The van der Waals surface area contributed by atoms with Gasteiger partial charge in [-0.05, 0) is 24.7 Å². The van der Waals surface area contributed by atoms with Crippen LogP contribution in [0.2, 0.25) is 0 Å². The molecule has 0 aliphatic carbocycles. The van der Waals surface area contributed by atoms with Crippen molar-refractivity contribution in [2.24, 2.45) is 11.8 Å². The zero-order valence-electron chi connectivity index (χ0n) is 20.0. The van der Waals surface area contributed by atoms with Crippen LogP contribution in [0.25, 0.3) is 0 Å². The van der Waals surface area contributed by atoms with Crippen molar-refractivity contribution in [2.45, 2.75) is 103 Å². The van der Waals surface area contributed by atoms with E-state index in [0.29, 0.717) is 12.8 Å². The van der Waals surface area contributed by atoms with Crippen LogP contribution in [0.4, 0.5) is 0 Å². The van der Waals surface area contributed by atoms with Crippen molar-refractivity contribution in [1.82, 2.24) is 0 Å². The van der Waals surface area contributed by atoms with Crippen LogP contribution in [-0.2, 0) is 18.6 Å². The number of hydrogen-bond donors (Lipinski definition) is 5. The van der Waals surface area contributed by atoms with Crippen molar-refractivity contribution in [1.29, 1.82) is 0 Å². The normalized spacial score (nSPS) is 18.2. The molecule has 4 atom stereocenters. The van der Waals surface area contributed by atoms with Gasteiger partial charge in [0.1, 0.15) is 0 Å². The Morgan fingerprint density at radius 3 is 1.38 bits per heavy atom. The molecule has 0 fully saturated rings. The minimum atomic E-state index is -3.12. The molecule has 0 bridgehead atoms. The fourth-order valence-electron chi connectivity index (χ4n) is 3.60. The van der Waals surface area contributed by atoms with E-state index in [1.54, 1.807) is 0 Å². The molecule has 0 aliphatic heterocycles. The Balaban J connectivity index is 5.07. The van der Waals surface area contributed by atoms with E-state index < -0.39 is 45.0 Å². The Morgan fingerprint density at radius 2 is 1.12 bits per heavy atom. The molecule has 0 radical (unpaired) electrons. The quantitative estimate of drug-likeness (QED) is 0.186. The van der Waals surface area contributed by atoms with Gasteiger partial charge in [-0.25, -0.2) is 9.59 Å². The molecule has 0 amide bonds. The summed E-state index contributed by atoms with van der Waals surface area (Å²) in [7, 11) is -3.12. The summed E-state index contributed by atoms with van der Waals surface area (Å²) in [5, 5.41) is 40.3. The van der Waals surface area contributed by atoms with Gasteiger partial charge in [-0.3, -0.25) is 0 Å². The third-order valence-corrected chi connectivity index (χ3v) is 6.59. The van der Waals surface area contributed by atoms with Gasteiger partial charge in [-0.2, -0.15) is 0 Å². The van der Waals surface area contributed by atoms with Crippen LogP contribution in [0.15, 0.2) is 0 Å². The van der Waals surface area contributed by atoms with Gasteiger partial charge < -0.3 is 34.4 Å². The molecule has 0 rings (SSSR count). The van der Waals surface area contributed by atoms with E-state index in [1.807, 2.05) is 27.7 Å². The summed E-state index contributed by atoms with van der Waals surface area (Å²) < 4.78 is 9.40. The third kappa shape index (κ3) is 10.4. The van der Waals surface area contributed by atoms with Gasteiger partial charge >= 0.3 is 20.5 Å². The first-order valence-electron chi connectivity index (χ1n) is 11.7. The summed E-state index contributed by atoms with van der Waals surface area (Å²) >= 11 is 0. The van der Waals surface area contributed by atoms with E-state index >= 15 is 0 Å². The van der Waals surface area contributed by atoms with Crippen LogP contribution in [0.5, 0.6) is 0 Å². The van der Waals surface area contributed by atoms with E-state index in [1.165, 1.54) is 0 Å². The molecule has 32 heavy (non-hydrogen) atoms. The maximum absolute atomic E-state index is 12.4. The van der Waals surface area contributed by atoms with E-state index in [2.05, 4.69) is 0 Å². The topological polar surface area (TPSA) is 154 Å². The van der Waals surface area contributed by atoms with Crippen molar-refractivity contribution >= 4 is 20.5 Å². The molecule has 0 saturated carbocycles. The standard InChI is InChI=1S/C22H43O9P/c1-5-9-11-17(7-3)13-21(27,15-23)19(25)30-32(29)31-20(26)22(28,16-24)14-18(8-4)12-10-6-2/h17-18,23-24,27-29H,5-16H2,1-4H3. The molecule has 0 saturated heterocycles.